The van der Waals surface area contributed by atoms with Crippen molar-refractivity contribution >= 4 is 62.3 Å². The minimum absolute atomic E-state index is 0.0621. The Kier molecular flexibility index (Phi) is 8.35. The highest BCUT2D eigenvalue weighted by atomic mass is 79.9. The number of hydrogen-bond donors (Lipinski definition) is 2. The average Bonchev–Trinajstić information content (AvgIpc) is 2.89. The quantitative estimate of drug-likeness (QED) is 0.346. The smallest absolute Gasteiger partial charge is 0.262 e. The van der Waals surface area contributed by atoms with E-state index in [1.807, 2.05) is 19.1 Å². The first-order valence-electron chi connectivity index (χ1n) is 12.9. The van der Waals surface area contributed by atoms with Crippen molar-refractivity contribution in [2.24, 2.45) is 0 Å². The van der Waals surface area contributed by atoms with Crippen molar-refractivity contribution in [2.45, 2.75) is 51.4 Å². The van der Waals surface area contributed by atoms with Crippen molar-refractivity contribution in [1.29, 1.82) is 0 Å². The Bertz CT molecular complexity index is 1390. The van der Waals surface area contributed by atoms with Crippen LogP contribution in [0.25, 0.3) is 0 Å². The van der Waals surface area contributed by atoms with Crippen LogP contribution in [0.2, 0.25) is 10.0 Å². The molecule has 1 heterocycles. The number of amides is 1. The third kappa shape index (κ3) is 5.74. The summed E-state index contributed by atoms with van der Waals surface area (Å²) >= 11 is 15.6. The number of carbonyl (C=O) groups is 3. The number of dihydropyridines is 1. The molecule has 1 amide bonds. The van der Waals surface area contributed by atoms with E-state index >= 15 is 0 Å². The lowest BCUT2D eigenvalue weighted by Crippen LogP contribution is -2.36. The zero-order valence-corrected chi connectivity index (χ0v) is 24.4. The topological polar surface area (TPSA) is 93.7 Å². The van der Waals surface area contributed by atoms with Crippen LogP contribution in [0.1, 0.15) is 56.9 Å². The molecule has 2 aromatic carbocycles. The molecular weight excluding hydrogens is 607 g/mol. The molecule has 0 bridgehead atoms. The molecule has 0 saturated heterocycles. The first kappa shape index (κ1) is 27.7. The fraction of sp³-hybridized carbons (Fsp3) is 0.345. The molecule has 10 heteroatoms. The van der Waals surface area contributed by atoms with Crippen molar-refractivity contribution in [3.05, 3.63) is 73.0 Å². The van der Waals surface area contributed by atoms with E-state index < -0.39 is 11.8 Å². The molecule has 0 unspecified atom stereocenters. The average molecular weight is 634 g/mol. The minimum Gasteiger partial charge on any atom is -0.490 e. The van der Waals surface area contributed by atoms with Gasteiger partial charge in [-0.25, -0.2) is 0 Å². The second-order valence-corrected chi connectivity index (χ2v) is 11.3. The van der Waals surface area contributed by atoms with E-state index in [-0.39, 0.29) is 18.2 Å². The summed E-state index contributed by atoms with van der Waals surface area (Å²) < 4.78 is 12.4. The fourth-order valence-corrected chi connectivity index (χ4v) is 6.26. The van der Waals surface area contributed by atoms with Crippen LogP contribution in [0, 0.1) is 0 Å². The van der Waals surface area contributed by atoms with E-state index in [1.165, 1.54) is 0 Å². The monoisotopic (exact) mass is 632 g/mol. The van der Waals surface area contributed by atoms with Crippen LogP contribution in [0.15, 0.2) is 57.3 Å². The van der Waals surface area contributed by atoms with Crippen LogP contribution in [0.4, 0.5) is 5.69 Å². The molecule has 7 nitrogen and oxygen atoms in total. The number of rotatable bonds is 7. The molecule has 2 N–H and O–H groups in total. The molecular formula is C29H27BrCl2N2O5. The molecule has 0 fully saturated rings. The van der Waals surface area contributed by atoms with Gasteiger partial charge in [0, 0.05) is 47.0 Å². The third-order valence-corrected chi connectivity index (χ3v) is 8.34. The van der Waals surface area contributed by atoms with Gasteiger partial charge in [0.25, 0.3) is 5.91 Å². The van der Waals surface area contributed by atoms with Crippen LogP contribution in [-0.2, 0) is 14.4 Å². The standard InChI is InChI=1S/C29H27BrCl2N2O5/c1-2-38-24-12-15(11-17(30)29(24)39-14-25(37)33-16-9-10-18(31)19(32)13-16)26-27-20(5-3-7-22(27)35)34-21-6-4-8-23(36)28(21)26/h9-13,26,34H,2-8,14H2,1H3,(H,33,37). The lowest BCUT2D eigenvalue weighted by Gasteiger charge is -2.37. The van der Waals surface area contributed by atoms with Gasteiger partial charge < -0.3 is 20.1 Å². The molecule has 0 saturated carbocycles. The molecule has 204 valence electrons. The van der Waals surface area contributed by atoms with E-state index in [9.17, 15) is 14.4 Å². The molecule has 2 aromatic rings. The van der Waals surface area contributed by atoms with Crippen molar-refractivity contribution in [3.8, 4) is 11.5 Å². The van der Waals surface area contributed by atoms with Crippen molar-refractivity contribution in [2.75, 3.05) is 18.5 Å². The molecule has 3 aliphatic rings. The number of ether oxygens (including phenoxy) is 2. The number of ketones is 2. The fourth-order valence-electron chi connectivity index (χ4n) is 5.38. The summed E-state index contributed by atoms with van der Waals surface area (Å²) in [6.45, 7) is 1.92. The molecule has 1 aliphatic heterocycles. The summed E-state index contributed by atoms with van der Waals surface area (Å²) in [4.78, 5) is 38.9. The van der Waals surface area contributed by atoms with Gasteiger partial charge in [-0.3, -0.25) is 14.4 Å². The summed E-state index contributed by atoms with van der Waals surface area (Å²) in [6, 6.07) is 8.47. The van der Waals surface area contributed by atoms with Crippen molar-refractivity contribution in [1.82, 2.24) is 5.32 Å². The molecule has 5 rings (SSSR count). The van der Waals surface area contributed by atoms with Gasteiger partial charge in [-0.1, -0.05) is 23.2 Å². The third-order valence-electron chi connectivity index (χ3n) is 7.01. The van der Waals surface area contributed by atoms with E-state index in [0.717, 1.165) is 42.6 Å². The Balaban J connectivity index is 1.46. The first-order chi connectivity index (χ1) is 18.8. The maximum absolute atomic E-state index is 13.2. The summed E-state index contributed by atoms with van der Waals surface area (Å²) in [7, 11) is 0. The summed E-state index contributed by atoms with van der Waals surface area (Å²) in [5.74, 6) is 0.0274. The predicted molar refractivity (Wildman–Crippen MR) is 154 cm³/mol. The summed E-state index contributed by atoms with van der Waals surface area (Å²) in [6.07, 6.45) is 4.05. The molecule has 0 atom stereocenters. The number of nitrogens with one attached hydrogen (secondary N) is 2. The van der Waals surface area contributed by atoms with Gasteiger partial charge in [-0.15, -0.1) is 0 Å². The van der Waals surface area contributed by atoms with Gasteiger partial charge in [0.05, 0.1) is 21.1 Å². The highest BCUT2D eigenvalue weighted by molar-refractivity contribution is 9.10. The lowest BCUT2D eigenvalue weighted by atomic mass is 9.71. The van der Waals surface area contributed by atoms with E-state index in [4.69, 9.17) is 32.7 Å². The van der Waals surface area contributed by atoms with Gasteiger partial charge in [0.2, 0.25) is 0 Å². The molecule has 0 aromatic heterocycles. The summed E-state index contributed by atoms with van der Waals surface area (Å²) in [5, 5.41) is 6.88. The zero-order valence-electron chi connectivity index (χ0n) is 21.3. The maximum atomic E-state index is 13.2. The lowest BCUT2D eigenvalue weighted by molar-refractivity contribution is -0.118. The second kappa shape index (κ2) is 11.7. The van der Waals surface area contributed by atoms with Crippen LogP contribution in [0.5, 0.6) is 11.5 Å². The maximum Gasteiger partial charge on any atom is 0.262 e. The number of halogens is 3. The number of allylic oxidation sites excluding steroid dienone is 4. The number of benzene rings is 2. The number of hydrogen-bond acceptors (Lipinski definition) is 6. The number of carbonyl (C=O) groups excluding carboxylic acids is 3. The Labute approximate surface area is 245 Å². The molecule has 2 aliphatic carbocycles. The minimum atomic E-state index is -0.473. The summed E-state index contributed by atoms with van der Waals surface area (Å²) in [5.41, 5.74) is 4.42. The molecule has 0 spiro atoms. The molecule has 39 heavy (non-hydrogen) atoms. The zero-order chi connectivity index (χ0) is 27.7. The van der Waals surface area contributed by atoms with E-state index in [2.05, 4.69) is 26.6 Å². The van der Waals surface area contributed by atoms with Gasteiger partial charge in [-0.2, -0.15) is 0 Å². The largest absolute Gasteiger partial charge is 0.490 e. The molecule has 0 radical (unpaired) electrons. The highest BCUT2D eigenvalue weighted by Crippen LogP contribution is 2.48. The normalized spacial score (nSPS) is 17.4. The van der Waals surface area contributed by atoms with Crippen LogP contribution in [0.3, 0.4) is 0 Å². The van der Waals surface area contributed by atoms with Gasteiger partial charge in [-0.05, 0) is 84.4 Å². The Hall–Kier alpha value is -2.81. The van der Waals surface area contributed by atoms with Crippen molar-refractivity contribution < 1.29 is 23.9 Å². The first-order valence-corrected chi connectivity index (χ1v) is 14.4. The Morgan fingerprint density at radius 3 is 2.26 bits per heavy atom. The van der Waals surface area contributed by atoms with Crippen LogP contribution >= 0.6 is 39.1 Å². The Morgan fingerprint density at radius 1 is 0.974 bits per heavy atom. The predicted octanol–water partition coefficient (Wildman–Crippen LogP) is 6.87. The second-order valence-electron chi connectivity index (χ2n) is 9.62. The number of Topliss-reactive ketones (excluding diaryl/α,β-unsaturated/α-hetero) is 2. The number of anilines is 1. The van der Waals surface area contributed by atoms with Gasteiger partial charge >= 0.3 is 0 Å². The van der Waals surface area contributed by atoms with E-state index in [1.54, 1.807) is 18.2 Å². The van der Waals surface area contributed by atoms with E-state index in [0.29, 0.717) is 62.3 Å². The van der Waals surface area contributed by atoms with Crippen molar-refractivity contribution in [3.63, 3.8) is 0 Å². The Morgan fingerprint density at radius 2 is 1.64 bits per heavy atom. The van der Waals surface area contributed by atoms with Gasteiger partial charge in [0.15, 0.2) is 29.7 Å². The van der Waals surface area contributed by atoms with Crippen LogP contribution < -0.4 is 20.1 Å². The SMILES string of the molecule is CCOc1cc(C2C3=C(CCCC3=O)NC3=C2C(=O)CCC3)cc(Br)c1OCC(=O)Nc1ccc(Cl)c(Cl)c1. The van der Waals surface area contributed by atoms with Gasteiger partial charge in [0.1, 0.15) is 0 Å². The highest BCUT2D eigenvalue weighted by Gasteiger charge is 2.40. The van der Waals surface area contributed by atoms with Crippen LogP contribution in [-0.4, -0.2) is 30.7 Å².